The van der Waals surface area contributed by atoms with E-state index in [9.17, 15) is 4.79 Å². The maximum Gasteiger partial charge on any atom is 0.255 e. The fourth-order valence-electron chi connectivity index (χ4n) is 1.75. The van der Waals surface area contributed by atoms with Crippen LogP contribution in [-0.2, 0) is 4.74 Å². The lowest BCUT2D eigenvalue weighted by molar-refractivity contribution is 0.0656. The number of rotatable bonds is 9. The molecule has 1 amide bonds. The van der Waals surface area contributed by atoms with Gasteiger partial charge in [0.1, 0.15) is 5.82 Å². The number of amides is 1. The lowest BCUT2D eigenvalue weighted by Gasteiger charge is -2.21. The Morgan fingerprint density at radius 3 is 2.86 bits per heavy atom. The van der Waals surface area contributed by atoms with Gasteiger partial charge < -0.3 is 20.1 Å². The molecule has 0 spiro atoms. The van der Waals surface area contributed by atoms with Crippen LogP contribution in [0.1, 0.15) is 23.7 Å². The van der Waals surface area contributed by atoms with Crippen LogP contribution < -0.4 is 5.32 Å². The quantitative estimate of drug-likeness (QED) is 0.724. The summed E-state index contributed by atoms with van der Waals surface area (Å²) in [4.78, 5) is 18.0. The molecule has 7 heteroatoms. The number of aromatic nitrogens is 1. The van der Waals surface area contributed by atoms with Crippen LogP contribution in [0.4, 0.5) is 5.82 Å². The Morgan fingerprint density at radius 2 is 2.29 bits per heavy atom. The van der Waals surface area contributed by atoms with E-state index in [0.29, 0.717) is 29.6 Å². The first-order chi connectivity index (χ1) is 10.1. The first-order valence-corrected chi connectivity index (χ1v) is 7.30. The molecule has 2 N–H and O–H groups in total. The van der Waals surface area contributed by atoms with Gasteiger partial charge >= 0.3 is 0 Å². The maximum absolute atomic E-state index is 12.4. The number of aliphatic hydroxyl groups excluding tert-OH is 1. The number of pyridine rings is 1. The van der Waals surface area contributed by atoms with Gasteiger partial charge in [0.15, 0.2) is 0 Å². The Hall–Kier alpha value is -1.37. The highest BCUT2D eigenvalue weighted by molar-refractivity contribution is 6.33. The van der Waals surface area contributed by atoms with E-state index < -0.39 is 0 Å². The van der Waals surface area contributed by atoms with Crippen LogP contribution in [0.2, 0.25) is 5.02 Å². The van der Waals surface area contributed by atoms with Crippen LogP contribution in [-0.4, -0.2) is 60.9 Å². The molecular formula is C14H22ClN3O3. The molecule has 0 unspecified atom stereocenters. The fraction of sp³-hybridized carbons (Fsp3) is 0.571. The van der Waals surface area contributed by atoms with Gasteiger partial charge in [0.25, 0.3) is 5.91 Å². The third-order valence-corrected chi connectivity index (χ3v) is 3.14. The third kappa shape index (κ3) is 5.49. The van der Waals surface area contributed by atoms with E-state index in [4.69, 9.17) is 21.4 Å². The Labute approximate surface area is 130 Å². The van der Waals surface area contributed by atoms with Crippen molar-refractivity contribution in [2.75, 3.05) is 45.3 Å². The van der Waals surface area contributed by atoms with Gasteiger partial charge in [0.05, 0.1) is 23.8 Å². The number of anilines is 1. The van der Waals surface area contributed by atoms with Crippen LogP contribution in [0.5, 0.6) is 0 Å². The SMILES string of the molecule is CCCNc1ncc(C(=O)N(CCO)CCOC)cc1Cl. The summed E-state index contributed by atoms with van der Waals surface area (Å²) in [7, 11) is 1.56. The molecule has 0 saturated heterocycles. The molecule has 6 nitrogen and oxygen atoms in total. The standard InChI is InChI=1S/C14H22ClN3O3/c1-3-4-16-13-12(15)9-11(10-17-13)14(20)18(5-7-19)6-8-21-2/h9-10,19H,3-8H2,1-2H3,(H,16,17). The van der Waals surface area contributed by atoms with E-state index in [1.807, 2.05) is 6.92 Å². The van der Waals surface area contributed by atoms with Gasteiger partial charge in [-0.05, 0) is 12.5 Å². The Morgan fingerprint density at radius 1 is 1.52 bits per heavy atom. The largest absolute Gasteiger partial charge is 0.395 e. The molecule has 0 aliphatic carbocycles. The second-order valence-corrected chi connectivity index (χ2v) is 4.90. The summed E-state index contributed by atoms with van der Waals surface area (Å²) in [6.45, 7) is 3.76. The van der Waals surface area contributed by atoms with Crippen molar-refractivity contribution in [3.63, 3.8) is 0 Å². The number of aliphatic hydroxyl groups is 1. The summed E-state index contributed by atoms with van der Waals surface area (Å²) in [6.07, 6.45) is 2.45. The van der Waals surface area contributed by atoms with Gasteiger partial charge in [-0.15, -0.1) is 0 Å². The number of carbonyl (C=O) groups excluding carboxylic acids is 1. The number of carbonyl (C=O) groups is 1. The van der Waals surface area contributed by atoms with Gasteiger partial charge in [-0.1, -0.05) is 18.5 Å². The topological polar surface area (TPSA) is 74.7 Å². The second-order valence-electron chi connectivity index (χ2n) is 4.49. The number of hydrogen-bond acceptors (Lipinski definition) is 5. The normalized spacial score (nSPS) is 10.5. The smallest absolute Gasteiger partial charge is 0.255 e. The average Bonchev–Trinajstić information content (AvgIpc) is 2.49. The molecule has 0 atom stereocenters. The van der Waals surface area contributed by atoms with Crippen molar-refractivity contribution in [1.82, 2.24) is 9.88 Å². The minimum Gasteiger partial charge on any atom is -0.395 e. The Bertz CT molecular complexity index is 457. The Kier molecular flexibility index (Phi) is 8.04. The summed E-state index contributed by atoms with van der Waals surface area (Å²) in [5.74, 6) is 0.346. The van der Waals surface area contributed by atoms with Crippen molar-refractivity contribution in [3.8, 4) is 0 Å². The monoisotopic (exact) mass is 315 g/mol. The zero-order chi connectivity index (χ0) is 15.7. The highest BCUT2D eigenvalue weighted by Crippen LogP contribution is 2.20. The van der Waals surface area contributed by atoms with Crippen LogP contribution in [0.15, 0.2) is 12.3 Å². The maximum atomic E-state index is 12.4. The number of hydrogen-bond donors (Lipinski definition) is 2. The number of methoxy groups -OCH3 is 1. The molecule has 0 aliphatic rings. The number of ether oxygens (including phenoxy) is 1. The molecule has 0 aliphatic heterocycles. The van der Waals surface area contributed by atoms with Crippen LogP contribution in [0.3, 0.4) is 0 Å². The van der Waals surface area contributed by atoms with E-state index in [-0.39, 0.29) is 19.1 Å². The summed E-state index contributed by atoms with van der Waals surface area (Å²) in [5, 5.41) is 12.5. The molecule has 0 fully saturated rings. The van der Waals surface area contributed by atoms with Gasteiger partial charge in [0, 0.05) is 32.9 Å². The van der Waals surface area contributed by atoms with Crippen molar-refractivity contribution in [3.05, 3.63) is 22.8 Å². The first kappa shape index (κ1) is 17.7. The molecule has 1 rings (SSSR count). The molecular weight excluding hydrogens is 294 g/mol. The molecule has 0 radical (unpaired) electrons. The summed E-state index contributed by atoms with van der Waals surface area (Å²) < 4.78 is 4.96. The zero-order valence-corrected chi connectivity index (χ0v) is 13.2. The number of halogens is 1. The molecule has 0 aromatic carbocycles. The number of nitrogens with zero attached hydrogens (tertiary/aromatic N) is 2. The van der Waals surface area contributed by atoms with Crippen LogP contribution >= 0.6 is 11.6 Å². The first-order valence-electron chi connectivity index (χ1n) is 6.92. The van der Waals surface area contributed by atoms with E-state index in [0.717, 1.165) is 13.0 Å². The van der Waals surface area contributed by atoms with Crippen molar-refractivity contribution in [2.24, 2.45) is 0 Å². The van der Waals surface area contributed by atoms with E-state index in [2.05, 4.69) is 10.3 Å². The van der Waals surface area contributed by atoms with Crippen molar-refractivity contribution >= 4 is 23.3 Å². The Balaban J connectivity index is 2.82. The van der Waals surface area contributed by atoms with E-state index in [1.165, 1.54) is 11.1 Å². The van der Waals surface area contributed by atoms with Crippen molar-refractivity contribution < 1.29 is 14.6 Å². The summed E-state index contributed by atoms with van der Waals surface area (Å²) >= 11 is 6.13. The van der Waals surface area contributed by atoms with Gasteiger partial charge in [-0.3, -0.25) is 4.79 Å². The molecule has 1 aromatic heterocycles. The van der Waals surface area contributed by atoms with Gasteiger partial charge in [0.2, 0.25) is 0 Å². The zero-order valence-electron chi connectivity index (χ0n) is 12.4. The van der Waals surface area contributed by atoms with Crippen molar-refractivity contribution in [1.29, 1.82) is 0 Å². The number of nitrogens with one attached hydrogen (secondary N) is 1. The average molecular weight is 316 g/mol. The van der Waals surface area contributed by atoms with E-state index >= 15 is 0 Å². The molecule has 21 heavy (non-hydrogen) atoms. The molecule has 118 valence electrons. The summed E-state index contributed by atoms with van der Waals surface area (Å²) in [6, 6.07) is 1.59. The minimum atomic E-state index is -0.224. The van der Waals surface area contributed by atoms with Crippen LogP contribution in [0.25, 0.3) is 0 Å². The van der Waals surface area contributed by atoms with Crippen LogP contribution in [0, 0.1) is 0 Å². The second kappa shape index (κ2) is 9.55. The predicted molar refractivity (Wildman–Crippen MR) is 82.9 cm³/mol. The lowest BCUT2D eigenvalue weighted by atomic mass is 10.2. The van der Waals surface area contributed by atoms with Gasteiger partial charge in [-0.2, -0.15) is 0 Å². The lowest BCUT2D eigenvalue weighted by Crippen LogP contribution is -2.36. The highest BCUT2D eigenvalue weighted by Gasteiger charge is 2.17. The third-order valence-electron chi connectivity index (χ3n) is 2.85. The molecule has 0 bridgehead atoms. The highest BCUT2D eigenvalue weighted by atomic mass is 35.5. The molecule has 1 aromatic rings. The fourth-order valence-corrected chi connectivity index (χ4v) is 1.98. The van der Waals surface area contributed by atoms with Gasteiger partial charge in [-0.25, -0.2) is 4.98 Å². The van der Waals surface area contributed by atoms with E-state index in [1.54, 1.807) is 13.2 Å². The molecule has 1 heterocycles. The predicted octanol–water partition coefficient (Wildman–Crippen LogP) is 1.64. The summed E-state index contributed by atoms with van der Waals surface area (Å²) in [5.41, 5.74) is 0.395. The van der Waals surface area contributed by atoms with Crippen molar-refractivity contribution in [2.45, 2.75) is 13.3 Å². The minimum absolute atomic E-state index is 0.104. The molecule has 0 saturated carbocycles.